The molecule has 1 rings (SSSR count). The molecule has 3 heteroatoms. The van der Waals surface area contributed by atoms with Crippen LogP contribution in [-0.2, 0) is 0 Å². The van der Waals surface area contributed by atoms with Gasteiger partial charge in [-0.2, -0.15) is 0 Å². The third-order valence-electron chi connectivity index (χ3n) is 2.11. The van der Waals surface area contributed by atoms with E-state index >= 15 is 0 Å². The number of allylic oxidation sites excluding steroid dienone is 1. The summed E-state index contributed by atoms with van der Waals surface area (Å²) in [4.78, 5) is 0. The Balaban J connectivity index is 2.46. The van der Waals surface area contributed by atoms with E-state index in [-0.39, 0.29) is 6.42 Å². The summed E-state index contributed by atoms with van der Waals surface area (Å²) in [5.41, 5.74) is 0. The molecule has 0 spiro atoms. The van der Waals surface area contributed by atoms with Gasteiger partial charge in [0.15, 0.2) is 0 Å². The van der Waals surface area contributed by atoms with E-state index < -0.39 is 23.9 Å². The molecule has 0 aromatic heterocycles. The standard InChI is InChI=1S/C8H12F2O/c1-3-6-7(4-5(2)11)8(6,9)10/h3,5-7,11H,1,4H2,2H3. The maximum absolute atomic E-state index is 12.6. The maximum Gasteiger partial charge on any atom is 0.258 e. The van der Waals surface area contributed by atoms with Crippen LogP contribution in [0, 0.1) is 11.8 Å². The van der Waals surface area contributed by atoms with Crippen LogP contribution >= 0.6 is 0 Å². The molecule has 64 valence electrons. The van der Waals surface area contributed by atoms with Crippen molar-refractivity contribution in [2.24, 2.45) is 11.8 Å². The Bertz CT molecular complexity index is 165. The first-order valence-corrected chi connectivity index (χ1v) is 3.68. The molecule has 0 saturated heterocycles. The minimum Gasteiger partial charge on any atom is -0.393 e. The molecule has 3 atom stereocenters. The Morgan fingerprint density at radius 3 is 2.55 bits per heavy atom. The third kappa shape index (κ3) is 1.43. The van der Waals surface area contributed by atoms with Crippen LogP contribution < -0.4 is 0 Å². The summed E-state index contributed by atoms with van der Waals surface area (Å²) in [7, 11) is 0. The van der Waals surface area contributed by atoms with E-state index in [1.807, 2.05) is 0 Å². The second-order valence-corrected chi connectivity index (χ2v) is 3.13. The maximum atomic E-state index is 12.6. The molecule has 0 aromatic rings. The number of hydrogen-bond acceptors (Lipinski definition) is 1. The zero-order valence-electron chi connectivity index (χ0n) is 6.43. The third-order valence-corrected chi connectivity index (χ3v) is 2.11. The molecule has 1 aliphatic carbocycles. The van der Waals surface area contributed by atoms with Crippen LogP contribution in [-0.4, -0.2) is 17.1 Å². The molecule has 0 heterocycles. The Labute approximate surface area is 64.7 Å². The highest BCUT2D eigenvalue weighted by molar-refractivity contribution is 5.13. The second kappa shape index (κ2) is 2.55. The minimum atomic E-state index is -2.61. The lowest BCUT2D eigenvalue weighted by molar-refractivity contribution is 0.0752. The number of aliphatic hydroxyl groups is 1. The van der Waals surface area contributed by atoms with E-state index in [1.165, 1.54) is 13.0 Å². The van der Waals surface area contributed by atoms with E-state index in [0.29, 0.717) is 0 Å². The van der Waals surface area contributed by atoms with Gasteiger partial charge in [0.25, 0.3) is 5.92 Å². The van der Waals surface area contributed by atoms with Crippen molar-refractivity contribution in [1.29, 1.82) is 0 Å². The van der Waals surface area contributed by atoms with Gasteiger partial charge in [-0.1, -0.05) is 6.08 Å². The van der Waals surface area contributed by atoms with Crippen molar-refractivity contribution >= 4 is 0 Å². The molecule has 1 fully saturated rings. The highest BCUT2D eigenvalue weighted by Crippen LogP contribution is 2.57. The van der Waals surface area contributed by atoms with Crippen LogP contribution in [0.25, 0.3) is 0 Å². The van der Waals surface area contributed by atoms with Gasteiger partial charge in [-0.15, -0.1) is 6.58 Å². The van der Waals surface area contributed by atoms with Crippen molar-refractivity contribution in [1.82, 2.24) is 0 Å². The average molecular weight is 162 g/mol. The number of halogens is 2. The van der Waals surface area contributed by atoms with Gasteiger partial charge in [0, 0.05) is 11.8 Å². The predicted molar refractivity (Wildman–Crippen MR) is 38.4 cm³/mol. The van der Waals surface area contributed by atoms with Crippen LogP contribution in [0.2, 0.25) is 0 Å². The molecule has 11 heavy (non-hydrogen) atoms. The first-order valence-electron chi connectivity index (χ1n) is 3.68. The molecule has 0 aromatic carbocycles. The van der Waals surface area contributed by atoms with E-state index in [1.54, 1.807) is 0 Å². The van der Waals surface area contributed by atoms with Crippen molar-refractivity contribution < 1.29 is 13.9 Å². The van der Waals surface area contributed by atoms with Gasteiger partial charge in [-0.25, -0.2) is 8.78 Å². The Morgan fingerprint density at radius 1 is 1.73 bits per heavy atom. The molecule has 0 radical (unpaired) electrons. The van der Waals surface area contributed by atoms with E-state index in [0.717, 1.165) is 0 Å². The van der Waals surface area contributed by atoms with Gasteiger partial charge in [-0.05, 0) is 13.3 Å². The number of aliphatic hydroxyl groups excluding tert-OH is 1. The van der Waals surface area contributed by atoms with Crippen LogP contribution in [0.3, 0.4) is 0 Å². The minimum absolute atomic E-state index is 0.170. The van der Waals surface area contributed by atoms with Gasteiger partial charge in [0.2, 0.25) is 0 Å². The van der Waals surface area contributed by atoms with Crippen molar-refractivity contribution in [2.45, 2.75) is 25.4 Å². The molecule has 3 unspecified atom stereocenters. The lowest BCUT2D eigenvalue weighted by Gasteiger charge is -2.00. The van der Waals surface area contributed by atoms with Gasteiger partial charge in [-0.3, -0.25) is 0 Å². The summed E-state index contributed by atoms with van der Waals surface area (Å²) in [6.45, 7) is 4.84. The molecule has 1 N–H and O–H groups in total. The molecular formula is C8H12F2O. The summed E-state index contributed by atoms with van der Waals surface area (Å²) in [6, 6.07) is 0. The van der Waals surface area contributed by atoms with E-state index in [4.69, 9.17) is 5.11 Å². The second-order valence-electron chi connectivity index (χ2n) is 3.13. The molecule has 1 aliphatic rings. The summed E-state index contributed by atoms with van der Waals surface area (Å²) in [6.07, 6.45) is 0.798. The van der Waals surface area contributed by atoms with Crippen molar-refractivity contribution in [3.8, 4) is 0 Å². The number of alkyl halides is 2. The van der Waals surface area contributed by atoms with Gasteiger partial charge in [0.05, 0.1) is 6.10 Å². The molecule has 1 nitrogen and oxygen atoms in total. The van der Waals surface area contributed by atoms with Gasteiger partial charge in [0.1, 0.15) is 0 Å². The molecule has 1 saturated carbocycles. The Kier molecular flexibility index (Phi) is 2.01. The fraction of sp³-hybridized carbons (Fsp3) is 0.750. The van der Waals surface area contributed by atoms with Gasteiger partial charge >= 0.3 is 0 Å². The summed E-state index contributed by atoms with van der Waals surface area (Å²) in [5.74, 6) is -4.00. The molecule has 0 bridgehead atoms. The van der Waals surface area contributed by atoms with Crippen LogP contribution in [0.15, 0.2) is 12.7 Å². The van der Waals surface area contributed by atoms with Crippen molar-refractivity contribution in [3.05, 3.63) is 12.7 Å². The Morgan fingerprint density at radius 2 is 2.27 bits per heavy atom. The summed E-state index contributed by atoms with van der Waals surface area (Å²) in [5, 5.41) is 8.84. The van der Waals surface area contributed by atoms with E-state index in [9.17, 15) is 8.78 Å². The highest BCUT2D eigenvalue weighted by atomic mass is 19.3. The topological polar surface area (TPSA) is 20.2 Å². The predicted octanol–water partition coefficient (Wildman–Crippen LogP) is 1.82. The van der Waals surface area contributed by atoms with Gasteiger partial charge < -0.3 is 5.11 Å². The van der Waals surface area contributed by atoms with Crippen LogP contribution in [0.1, 0.15) is 13.3 Å². The van der Waals surface area contributed by atoms with Crippen LogP contribution in [0.4, 0.5) is 8.78 Å². The quantitative estimate of drug-likeness (QED) is 0.627. The fourth-order valence-corrected chi connectivity index (χ4v) is 1.41. The highest BCUT2D eigenvalue weighted by Gasteiger charge is 2.66. The molecule has 0 amide bonds. The monoisotopic (exact) mass is 162 g/mol. The molecule has 0 aliphatic heterocycles. The first kappa shape index (κ1) is 8.65. The van der Waals surface area contributed by atoms with Crippen molar-refractivity contribution in [2.75, 3.05) is 0 Å². The van der Waals surface area contributed by atoms with E-state index in [2.05, 4.69) is 6.58 Å². The summed E-state index contributed by atoms with van der Waals surface area (Å²) < 4.78 is 25.3. The average Bonchev–Trinajstić information content (AvgIpc) is 2.33. The zero-order chi connectivity index (χ0) is 8.65. The SMILES string of the molecule is C=CC1C(CC(C)O)C1(F)F. The lowest BCUT2D eigenvalue weighted by Crippen LogP contribution is -2.04. The fourth-order valence-electron chi connectivity index (χ4n) is 1.41. The first-order chi connectivity index (χ1) is 5.00. The lowest BCUT2D eigenvalue weighted by atomic mass is 10.2. The smallest absolute Gasteiger partial charge is 0.258 e. The largest absolute Gasteiger partial charge is 0.393 e. The zero-order valence-corrected chi connectivity index (χ0v) is 6.43. The van der Waals surface area contributed by atoms with Crippen LogP contribution in [0.5, 0.6) is 0 Å². The number of rotatable bonds is 3. The molecular weight excluding hydrogens is 150 g/mol. The normalized spacial score (nSPS) is 36.4. The van der Waals surface area contributed by atoms with Crippen molar-refractivity contribution in [3.63, 3.8) is 0 Å². The summed E-state index contributed by atoms with van der Waals surface area (Å²) >= 11 is 0. The Hall–Kier alpha value is -0.440. The number of hydrogen-bond donors (Lipinski definition) is 1.